The fourth-order valence-corrected chi connectivity index (χ4v) is 4.15. The molecule has 1 atom stereocenters. The van der Waals surface area contributed by atoms with Gasteiger partial charge in [-0.1, -0.05) is 61.8 Å². The van der Waals surface area contributed by atoms with E-state index in [1.165, 1.54) is 17.2 Å². The Labute approximate surface area is 229 Å². The molecule has 3 aromatic rings. The highest BCUT2D eigenvalue weighted by Crippen LogP contribution is 2.26. The van der Waals surface area contributed by atoms with E-state index in [1.54, 1.807) is 18.2 Å². The lowest BCUT2D eigenvalue weighted by Gasteiger charge is -2.34. The van der Waals surface area contributed by atoms with Crippen LogP contribution in [0, 0.1) is 0 Å². The van der Waals surface area contributed by atoms with Crippen molar-refractivity contribution in [3.05, 3.63) is 94.4 Å². The molecule has 3 rings (SSSR count). The van der Waals surface area contributed by atoms with Crippen molar-refractivity contribution in [2.45, 2.75) is 58.5 Å². The Morgan fingerprint density at radius 1 is 0.947 bits per heavy atom. The van der Waals surface area contributed by atoms with Crippen molar-refractivity contribution in [2.75, 3.05) is 13.1 Å². The number of rotatable bonds is 10. The molecule has 202 valence electrons. The Kier molecular flexibility index (Phi) is 9.75. The average molecular weight is 538 g/mol. The molecule has 0 aliphatic heterocycles. The van der Waals surface area contributed by atoms with Gasteiger partial charge in [0.25, 0.3) is 5.91 Å². The molecule has 0 saturated heterocycles. The molecule has 38 heavy (non-hydrogen) atoms. The van der Waals surface area contributed by atoms with Crippen molar-refractivity contribution in [3.63, 3.8) is 0 Å². The summed E-state index contributed by atoms with van der Waals surface area (Å²) in [7, 11) is 0. The van der Waals surface area contributed by atoms with Crippen molar-refractivity contribution in [3.8, 4) is 0 Å². The molecule has 1 aromatic heterocycles. The predicted molar refractivity (Wildman–Crippen MR) is 149 cm³/mol. The van der Waals surface area contributed by atoms with E-state index in [-0.39, 0.29) is 30.7 Å². The Bertz CT molecular complexity index is 1210. The molecule has 0 fully saturated rings. The fraction of sp³-hybridized carbons (Fsp3) is 0.367. The van der Waals surface area contributed by atoms with E-state index in [9.17, 15) is 14.4 Å². The van der Waals surface area contributed by atoms with Crippen LogP contribution in [-0.2, 0) is 16.0 Å². The predicted octanol–water partition coefficient (Wildman–Crippen LogP) is 5.51. The van der Waals surface area contributed by atoms with Crippen LogP contribution in [0.15, 0.2) is 71.3 Å². The summed E-state index contributed by atoms with van der Waals surface area (Å²) in [6, 6.07) is 17.4. The molecule has 0 bridgehead atoms. The SMILES string of the molecule is CC(C)c1ccc([C@@H](C(=O)NC(C)(C)C)N(CCc2ccc(Cl)cc2)C(=O)CNC(=O)c2ccco2)cc1. The highest BCUT2D eigenvalue weighted by atomic mass is 35.5. The molecule has 8 heteroatoms. The van der Waals surface area contributed by atoms with Gasteiger partial charge >= 0.3 is 0 Å². The Balaban J connectivity index is 1.94. The van der Waals surface area contributed by atoms with E-state index in [1.807, 2.05) is 57.2 Å². The van der Waals surface area contributed by atoms with Gasteiger partial charge in [0.15, 0.2) is 5.76 Å². The number of carbonyl (C=O) groups is 3. The summed E-state index contributed by atoms with van der Waals surface area (Å²) in [5.41, 5.74) is 2.29. The first kappa shape index (κ1) is 29.0. The first-order valence-electron chi connectivity index (χ1n) is 12.7. The number of amides is 3. The van der Waals surface area contributed by atoms with Crippen molar-refractivity contribution < 1.29 is 18.8 Å². The lowest BCUT2D eigenvalue weighted by molar-refractivity contribution is -0.140. The van der Waals surface area contributed by atoms with Gasteiger partial charge in [0.1, 0.15) is 6.04 Å². The largest absolute Gasteiger partial charge is 0.459 e. The zero-order valence-corrected chi connectivity index (χ0v) is 23.3. The Hall–Kier alpha value is -3.58. The maximum Gasteiger partial charge on any atom is 0.287 e. The van der Waals surface area contributed by atoms with Crippen LogP contribution in [0.5, 0.6) is 0 Å². The molecule has 0 radical (unpaired) electrons. The molecule has 0 unspecified atom stereocenters. The summed E-state index contributed by atoms with van der Waals surface area (Å²) >= 11 is 6.04. The third-order valence-corrected chi connectivity index (χ3v) is 6.25. The highest BCUT2D eigenvalue weighted by Gasteiger charge is 2.33. The zero-order valence-electron chi connectivity index (χ0n) is 22.6. The van der Waals surface area contributed by atoms with E-state index in [0.29, 0.717) is 22.9 Å². The molecule has 0 aliphatic carbocycles. The minimum Gasteiger partial charge on any atom is -0.459 e. The lowest BCUT2D eigenvalue weighted by atomic mass is 9.96. The normalized spacial score (nSPS) is 12.2. The quantitative estimate of drug-likeness (QED) is 0.356. The first-order chi connectivity index (χ1) is 17.9. The van der Waals surface area contributed by atoms with Gasteiger partial charge in [-0.25, -0.2) is 0 Å². The average Bonchev–Trinajstić information content (AvgIpc) is 3.40. The number of benzene rings is 2. The van der Waals surface area contributed by atoms with Crippen LogP contribution < -0.4 is 10.6 Å². The number of halogens is 1. The summed E-state index contributed by atoms with van der Waals surface area (Å²) in [5.74, 6) is -0.752. The van der Waals surface area contributed by atoms with Crippen LogP contribution in [0.1, 0.15) is 73.8 Å². The number of carbonyl (C=O) groups excluding carboxylic acids is 3. The number of furan rings is 1. The Morgan fingerprint density at radius 3 is 2.13 bits per heavy atom. The Morgan fingerprint density at radius 2 is 1.58 bits per heavy atom. The second kappa shape index (κ2) is 12.8. The van der Waals surface area contributed by atoms with Gasteiger partial charge in [-0.3, -0.25) is 14.4 Å². The summed E-state index contributed by atoms with van der Waals surface area (Å²) in [4.78, 5) is 41.3. The fourth-order valence-electron chi connectivity index (χ4n) is 4.02. The minimum absolute atomic E-state index is 0.108. The van der Waals surface area contributed by atoms with Crippen LogP contribution in [-0.4, -0.2) is 41.2 Å². The number of nitrogens with zero attached hydrogens (tertiary/aromatic N) is 1. The van der Waals surface area contributed by atoms with Gasteiger partial charge in [0, 0.05) is 17.1 Å². The number of nitrogens with one attached hydrogen (secondary N) is 2. The third-order valence-electron chi connectivity index (χ3n) is 6.00. The van der Waals surface area contributed by atoms with E-state index in [0.717, 1.165) is 11.1 Å². The standard InChI is InChI=1S/C30H36ClN3O4/c1-20(2)22-10-12-23(13-11-22)27(29(37)33-30(3,4)5)34(17-16-21-8-14-24(31)15-9-21)26(35)19-32-28(36)25-7-6-18-38-25/h6-15,18,20,27H,16-17,19H2,1-5H3,(H,32,36)(H,33,37)/t27-/m0/s1. The van der Waals surface area contributed by atoms with Crippen molar-refractivity contribution in [1.29, 1.82) is 0 Å². The maximum atomic E-state index is 13.7. The zero-order chi connectivity index (χ0) is 27.9. The van der Waals surface area contributed by atoms with Gasteiger partial charge in [-0.15, -0.1) is 0 Å². The molecule has 0 saturated carbocycles. The van der Waals surface area contributed by atoms with Crippen molar-refractivity contribution >= 4 is 29.3 Å². The first-order valence-corrected chi connectivity index (χ1v) is 13.1. The van der Waals surface area contributed by atoms with Gasteiger partial charge in [0.05, 0.1) is 12.8 Å². The molecule has 0 aliphatic rings. The van der Waals surface area contributed by atoms with Gasteiger partial charge in [-0.05, 0) is 74.1 Å². The molecule has 7 nitrogen and oxygen atoms in total. The second-order valence-electron chi connectivity index (χ2n) is 10.6. The van der Waals surface area contributed by atoms with Crippen molar-refractivity contribution in [2.24, 2.45) is 0 Å². The van der Waals surface area contributed by atoms with E-state index in [4.69, 9.17) is 16.0 Å². The van der Waals surface area contributed by atoms with E-state index < -0.39 is 17.5 Å². The van der Waals surface area contributed by atoms with Gasteiger partial charge in [0.2, 0.25) is 11.8 Å². The monoisotopic (exact) mass is 537 g/mol. The third kappa shape index (κ3) is 8.21. The van der Waals surface area contributed by atoms with E-state index >= 15 is 0 Å². The second-order valence-corrected chi connectivity index (χ2v) is 11.0. The summed E-state index contributed by atoms with van der Waals surface area (Å²) in [6.07, 6.45) is 1.89. The molecule has 3 amide bonds. The molecule has 1 heterocycles. The summed E-state index contributed by atoms with van der Waals surface area (Å²) in [5, 5.41) is 6.27. The van der Waals surface area contributed by atoms with Crippen LogP contribution >= 0.6 is 11.6 Å². The van der Waals surface area contributed by atoms with Crippen LogP contribution in [0.2, 0.25) is 5.02 Å². The molecule has 0 spiro atoms. The van der Waals surface area contributed by atoms with Crippen LogP contribution in [0.3, 0.4) is 0 Å². The van der Waals surface area contributed by atoms with Crippen LogP contribution in [0.4, 0.5) is 0 Å². The number of hydrogen-bond donors (Lipinski definition) is 2. The number of hydrogen-bond acceptors (Lipinski definition) is 4. The lowest BCUT2D eigenvalue weighted by Crippen LogP contribution is -2.51. The molecular weight excluding hydrogens is 502 g/mol. The minimum atomic E-state index is -0.893. The summed E-state index contributed by atoms with van der Waals surface area (Å²) in [6.45, 7) is 9.85. The topological polar surface area (TPSA) is 91.7 Å². The van der Waals surface area contributed by atoms with E-state index in [2.05, 4.69) is 24.5 Å². The molecule has 2 aromatic carbocycles. The van der Waals surface area contributed by atoms with Gasteiger partial charge < -0.3 is 20.0 Å². The van der Waals surface area contributed by atoms with Gasteiger partial charge in [-0.2, -0.15) is 0 Å². The maximum absolute atomic E-state index is 13.7. The highest BCUT2D eigenvalue weighted by molar-refractivity contribution is 6.30. The molecule has 2 N–H and O–H groups in total. The smallest absolute Gasteiger partial charge is 0.287 e. The molecular formula is C30H36ClN3O4. The van der Waals surface area contributed by atoms with Crippen LogP contribution in [0.25, 0.3) is 0 Å². The summed E-state index contributed by atoms with van der Waals surface area (Å²) < 4.78 is 5.13. The van der Waals surface area contributed by atoms with Crippen molar-refractivity contribution in [1.82, 2.24) is 15.5 Å².